The van der Waals surface area contributed by atoms with Gasteiger partial charge in [-0.2, -0.15) is 0 Å². The molecule has 1 fully saturated rings. The van der Waals surface area contributed by atoms with Gasteiger partial charge in [-0.25, -0.2) is 0 Å². The van der Waals surface area contributed by atoms with Crippen LogP contribution in [-0.4, -0.2) is 33.5 Å². The highest BCUT2D eigenvalue weighted by molar-refractivity contribution is 5.80. The van der Waals surface area contributed by atoms with Gasteiger partial charge in [-0.3, -0.25) is 4.99 Å². The van der Waals surface area contributed by atoms with Crippen molar-refractivity contribution < 1.29 is 14.2 Å². The molecule has 0 unspecified atom stereocenters. The summed E-state index contributed by atoms with van der Waals surface area (Å²) in [7, 11) is 3.48. The number of guanidine groups is 1. The molecule has 1 aliphatic carbocycles. The second-order valence-electron chi connectivity index (χ2n) is 6.94. The Balaban J connectivity index is 1.37. The van der Waals surface area contributed by atoms with Crippen LogP contribution in [0.25, 0.3) is 0 Å². The van der Waals surface area contributed by atoms with Crippen LogP contribution in [-0.2, 0) is 12.0 Å². The number of aliphatic imine (C=N–C) groups is 1. The summed E-state index contributed by atoms with van der Waals surface area (Å²) in [6.07, 6.45) is 2.31. The number of methoxy groups -OCH3 is 1. The first-order valence-electron chi connectivity index (χ1n) is 9.21. The van der Waals surface area contributed by atoms with Gasteiger partial charge >= 0.3 is 0 Å². The Bertz CT molecular complexity index is 846. The molecule has 0 radical (unpaired) electrons. The van der Waals surface area contributed by atoms with Crippen molar-refractivity contribution in [3.8, 4) is 17.2 Å². The van der Waals surface area contributed by atoms with Crippen molar-refractivity contribution in [2.75, 3.05) is 27.5 Å². The van der Waals surface area contributed by atoms with Crippen LogP contribution in [0.5, 0.6) is 17.2 Å². The monoisotopic (exact) mass is 367 g/mol. The van der Waals surface area contributed by atoms with Crippen molar-refractivity contribution in [2.45, 2.75) is 24.8 Å². The van der Waals surface area contributed by atoms with Crippen molar-refractivity contribution in [3.05, 3.63) is 53.6 Å². The lowest BCUT2D eigenvalue weighted by Gasteiger charge is -2.19. The highest BCUT2D eigenvalue weighted by Crippen LogP contribution is 2.49. The first-order chi connectivity index (χ1) is 13.2. The molecular formula is C21H25N3O3. The fourth-order valence-electron chi connectivity index (χ4n) is 3.45. The first kappa shape index (κ1) is 17.5. The van der Waals surface area contributed by atoms with Crippen molar-refractivity contribution in [3.63, 3.8) is 0 Å². The van der Waals surface area contributed by atoms with Gasteiger partial charge in [0.15, 0.2) is 17.5 Å². The average Bonchev–Trinajstić information content (AvgIpc) is 3.36. The molecule has 6 heteroatoms. The predicted molar refractivity (Wildman–Crippen MR) is 105 cm³/mol. The largest absolute Gasteiger partial charge is 0.496 e. The van der Waals surface area contributed by atoms with E-state index in [-0.39, 0.29) is 5.41 Å². The Labute approximate surface area is 159 Å². The summed E-state index contributed by atoms with van der Waals surface area (Å²) in [6, 6.07) is 14.3. The zero-order chi connectivity index (χ0) is 18.7. The van der Waals surface area contributed by atoms with Gasteiger partial charge in [-0.05, 0) is 36.6 Å². The van der Waals surface area contributed by atoms with E-state index in [0.717, 1.165) is 48.2 Å². The molecule has 1 heterocycles. The molecule has 0 amide bonds. The summed E-state index contributed by atoms with van der Waals surface area (Å²) in [5.74, 6) is 3.33. The zero-order valence-electron chi connectivity index (χ0n) is 15.7. The minimum absolute atomic E-state index is 0.142. The van der Waals surface area contributed by atoms with Gasteiger partial charge in [0.2, 0.25) is 6.79 Å². The number of benzene rings is 2. The Morgan fingerprint density at radius 3 is 2.70 bits per heavy atom. The number of para-hydroxylation sites is 1. The third-order valence-electron chi connectivity index (χ3n) is 5.30. The molecule has 1 saturated carbocycles. The molecule has 0 atom stereocenters. The fraction of sp³-hybridized carbons (Fsp3) is 0.381. The molecule has 2 N–H and O–H groups in total. The third-order valence-corrected chi connectivity index (χ3v) is 5.30. The van der Waals surface area contributed by atoms with Crippen molar-refractivity contribution >= 4 is 5.96 Å². The predicted octanol–water partition coefficient (Wildman–Crippen LogP) is 2.82. The molecule has 0 spiro atoms. The normalized spacial score (nSPS) is 16.7. The lowest BCUT2D eigenvalue weighted by Crippen LogP contribution is -2.40. The van der Waals surface area contributed by atoms with Crippen LogP contribution in [0.1, 0.15) is 24.0 Å². The Kier molecular flexibility index (Phi) is 4.79. The second kappa shape index (κ2) is 7.39. The van der Waals surface area contributed by atoms with E-state index in [1.807, 2.05) is 30.3 Å². The number of hydrogen-bond acceptors (Lipinski definition) is 4. The second-order valence-corrected chi connectivity index (χ2v) is 6.94. The van der Waals surface area contributed by atoms with E-state index in [9.17, 15) is 0 Å². The Morgan fingerprint density at radius 1 is 1.11 bits per heavy atom. The van der Waals surface area contributed by atoms with E-state index in [2.05, 4.69) is 27.8 Å². The van der Waals surface area contributed by atoms with Crippen LogP contribution in [0.3, 0.4) is 0 Å². The molecule has 2 aliphatic rings. The van der Waals surface area contributed by atoms with E-state index in [1.54, 1.807) is 14.2 Å². The number of ether oxygens (including phenoxy) is 3. The van der Waals surface area contributed by atoms with E-state index >= 15 is 0 Å². The SMILES string of the molecule is CN=C(NCc1ccccc1OC)NCC1(c2ccc3c(c2)OCO3)CC1. The first-order valence-corrected chi connectivity index (χ1v) is 9.21. The van der Waals surface area contributed by atoms with Crippen LogP contribution in [0.15, 0.2) is 47.5 Å². The maximum Gasteiger partial charge on any atom is 0.231 e. The summed E-state index contributed by atoms with van der Waals surface area (Å²) in [5, 5.41) is 6.84. The summed E-state index contributed by atoms with van der Waals surface area (Å²) in [6.45, 7) is 1.79. The van der Waals surface area contributed by atoms with Crippen LogP contribution >= 0.6 is 0 Å². The van der Waals surface area contributed by atoms with E-state index in [4.69, 9.17) is 14.2 Å². The van der Waals surface area contributed by atoms with Crippen molar-refractivity contribution in [1.82, 2.24) is 10.6 Å². The van der Waals surface area contributed by atoms with Gasteiger partial charge in [0.1, 0.15) is 5.75 Å². The van der Waals surface area contributed by atoms with Gasteiger partial charge in [0.05, 0.1) is 7.11 Å². The maximum absolute atomic E-state index is 5.53. The van der Waals surface area contributed by atoms with Crippen LogP contribution in [0.4, 0.5) is 0 Å². The molecule has 1 aliphatic heterocycles. The lowest BCUT2D eigenvalue weighted by atomic mass is 9.95. The standard InChI is InChI=1S/C21H25N3O3/c1-22-20(23-12-15-5-3-4-6-17(15)25-2)24-13-21(9-10-21)16-7-8-18-19(11-16)27-14-26-18/h3-8,11H,9-10,12-14H2,1-2H3,(H2,22,23,24). The van der Waals surface area contributed by atoms with Crippen LogP contribution < -0.4 is 24.8 Å². The molecule has 0 aromatic heterocycles. The molecule has 4 rings (SSSR count). The summed E-state index contributed by atoms with van der Waals surface area (Å²) >= 11 is 0. The number of hydrogen-bond donors (Lipinski definition) is 2. The molecule has 0 saturated heterocycles. The molecule has 2 aromatic carbocycles. The zero-order valence-corrected chi connectivity index (χ0v) is 15.7. The highest BCUT2D eigenvalue weighted by atomic mass is 16.7. The highest BCUT2D eigenvalue weighted by Gasteiger charge is 2.44. The average molecular weight is 367 g/mol. The van der Waals surface area contributed by atoms with Gasteiger partial charge in [0.25, 0.3) is 0 Å². The topological polar surface area (TPSA) is 64.1 Å². The number of nitrogens with one attached hydrogen (secondary N) is 2. The number of fused-ring (bicyclic) bond motifs is 1. The summed E-state index contributed by atoms with van der Waals surface area (Å²) in [4.78, 5) is 4.35. The lowest BCUT2D eigenvalue weighted by molar-refractivity contribution is 0.174. The summed E-state index contributed by atoms with van der Waals surface area (Å²) in [5.41, 5.74) is 2.53. The van der Waals surface area contributed by atoms with Gasteiger partial charge in [-0.15, -0.1) is 0 Å². The van der Waals surface area contributed by atoms with E-state index in [0.29, 0.717) is 13.3 Å². The van der Waals surface area contributed by atoms with Gasteiger partial charge in [0, 0.05) is 31.1 Å². The van der Waals surface area contributed by atoms with Gasteiger partial charge < -0.3 is 24.8 Å². The quantitative estimate of drug-likeness (QED) is 0.607. The summed E-state index contributed by atoms with van der Waals surface area (Å²) < 4.78 is 16.4. The maximum atomic E-state index is 5.53. The minimum Gasteiger partial charge on any atom is -0.496 e. The third kappa shape index (κ3) is 3.65. The number of rotatable bonds is 6. The van der Waals surface area contributed by atoms with Gasteiger partial charge in [-0.1, -0.05) is 24.3 Å². The molecular weight excluding hydrogens is 342 g/mol. The van der Waals surface area contributed by atoms with E-state index < -0.39 is 0 Å². The Hall–Kier alpha value is -2.89. The van der Waals surface area contributed by atoms with Crippen molar-refractivity contribution in [1.29, 1.82) is 0 Å². The molecule has 142 valence electrons. The van der Waals surface area contributed by atoms with Crippen LogP contribution in [0, 0.1) is 0 Å². The molecule has 27 heavy (non-hydrogen) atoms. The minimum atomic E-state index is 0.142. The number of nitrogens with zero attached hydrogens (tertiary/aromatic N) is 1. The van der Waals surface area contributed by atoms with Crippen LogP contribution in [0.2, 0.25) is 0 Å². The fourth-order valence-corrected chi connectivity index (χ4v) is 3.45. The smallest absolute Gasteiger partial charge is 0.231 e. The molecule has 2 aromatic rings. The van der Waals surface area contributed by atoms with Crippen molar-refractivity contribution in [2.24, 2.45) is 4.99 Å². The molecule has 6 nitrogen and oxygen atoms in total. The molecule has 0 bridgehead atoms. The Morgan fingerprint density at radius 2 is 1.93 bits per heavy atom. The van der Waals surface area contributed by atoms with E-state index in [1.165, 1.54) is 5.56 Å².